The Kier molecular flexibility index (Phi) is 4.15. The summed E-state index contributed by atoms with van der Waals surface area (Å²) in [5, 5.41) is 0. The third kappa shape index (κ3) is 3.44. The molecule has 0 aliphatic carbocycles. The number of morpholine rings is 1. The van der Waals surface area contributed by atoms with Crippen molar-refractivity contribution in [3.05, 3.63) is 0 Å². The average Bonchev–Trinajstić information content (AvgIpc) is 2.12. The van der Waals surface area contributed by atoms with Crippen LogP contribution in [0, 0.1) is 0 Å². The van der Waals surface area contributed by atoms with Gasteiger partial charge in [-0.25, -0.2) is 0 Å². The van der Waals surface area contributed by atoms with E-state index >= 15 is 0 Å². The molecule has 3 unspecified atom stereocenters. The maximum absolute atomic E-state index is 6.10. The van der Waals surface area contributed by atoms with Crippen molar-refractivity contribution in [2.24, 2.45) is 5.73 Å². The highest BCUT2D eigenvalue weighted by Crippen LogP contribution is 2.23. The fourth-order valence-corrected chi connectivity index (χ4v) is 2.43. The molecule has 1 aliphatic rings. The van der Waals surface area contributed by atoms with Crippen molar-refractivity contribution in [2.45, 2.75) is 64.8 Å². The van der Waals surface area contributed by atoms with Crippen molar-refractivity contribution in [1.29, 1.82) is 0 Å². The van der Waals surface area contributed by atoms with Crippen molar-refractivity contribution in [3.63, 3.8) is 0 Å². The number of ether oxygens (including phenoxy) is 1. The molecule has 1 saturated heterocycles. The minimum atomic E-state index is -0.0423. The molecule has 0 aromatic rings. The minimum absolute atomic E-state index is 0.0423. The summed E-state index contributed by atoms with van der Waals surface area (Å²) in [6.07, 6.45) is 1.34. The lowest BCUT2D eigenvalue weighted by atomic mass is 10.00. The van der Waals surface area contributed by atoms with Crippen LogP contribution in [0.4, 0.5) is 0 Å². The van der Waals surface area contributed by atoms with Crippen LogP contribution in [0.3, 0.4) is 0 Å². The lowest BCUT2D eigenvalue weighted by Gasteiger charge is -2.45. The second-order valence-corrected chi connectivity index (χ2v) is 5.43. The van der Waals surface area contributed by atoms with Crippen molar-refractivity contribution in [2.75, 3.05) is 13.1 Å². The van der Waals surface area contributed by atoms with E-state index in [0.717, 1.165) is 19.5 Å². The molecule has 0 saturated carbocycles. The monoisotopic (exact) mass is 214 g/mol. The van der Waals surface area contributed by atoms with E-state index in [9.17, 15) is 0 Å². The molecule has 0 spiro atoms. The zero-order valence-corrected chi connectivity index (χ0v) is 10.8. The summed E-state index contributed by atoms with van der Waals surface area (Å²) >= 11 is 0. The van der Waals surface area contributed by atoms with Gasteiger partial charge in [-0.05, 0) is 34.1 Å². The van der Waals surface area contributed by atoms with Gasteiger partial charge in [-0.15, -0.1) is 0 Å². The first-order valence-electron chi connectivity index (χ1n) is 6.03. The van der Waals surface area contributed by atoms with Gasteiger partial charge >= 0.3 is 0 Å². The molecule has 15 heavy (non-hydrogen) atoms. The van der Waals surface area contributed by atoms with E-state index in [4.69, 9.17) is 10.5 Å². The quantitative estimate of drug-likeness (QED) is 0.776. The topological polar surface area (TPSA) is 38.5 Å². The molecule has 2 N–H and O–H groups in total. The number of hydrogen-bond donors (Lipinski definition) is 1. The normalized spacial score (nSPS) is 31.2. The Morgan fingerprint density at radius 2 is 2.13 bits per heavy atom. The van der Waals surface area contributed by atoms with Gasteiger partial charge < -0.3 is 10.5 Å². The molecule has 3 nitrogen and oxygen atoms in total. The van der Waals surface area contributed by atoms with Crippen LogP contribution in [-0.4, -0.2) is 41.8 Å². The largest absolute Gasteiger partial charge is 0.370 e. The first-order chi connectivity index (χ1) is 6.85. The Morgan fingerprint density at radius 3 is 2.60 bits per heavy atom. The second-order valence-electron chi connectivity index (χ2n) is 5.43. The molecule has 3 atom stereocenters. The summed E-state index contributed by atoms with van der Waals surface area (Å²) in [6, 6.07) is 0.715. The fourth-order valence-electron chi connectivity index (χ4n) is 2.43. The highest BCUT2D eigenvalue weighted by Gasteiger charge is 2.34. The van der Waals surface area contributed by atoms with Gasteiger partial charge in [0.25, 0.3) is 0 Å². The number of nitrogens with zero attached hydrogens (tertiary/aromatic N) is 1. The predicted octanol–water partition coefficient (Wildman–Crippen LogP) is 1.61. The van der Waals surface area contributed by atoms with Crippen molar-refractivity contribution >= 4 is 0 Å². The van der Waals surface area contributed by atoms with Crippen molar-refractivity contribution < 1.29 is 4.74 Å². The van der Waals surface area contributed by atoms with Gasteiger partial charge in [0.2, 0.25) is 0 Å². The van der Waals surface area contributed by atoms with Gasteiger partial charge in [-0.2, -0.15) is 0 Å². The molecule has 1 heterocycles. The molecule has 0 bridgehead atoms. The van der Waals surface area contributed by atoms with Gasteiger partial charge in [0, 0.05) is 25.2 Å². The van der Waals surface area contributed by atoms with Crippen LogP contribution in [0.25, 0.3) is 0 Å². The van der Waals surface area contributed by atoms with Gasteiger partial charge in [-0.3, -0.25) is 4.90 Å². The Balaban J connectivity index is 2.61. The van der Waals surface area contributed by atoms with Crippen LogP contribution < -0.4 is 5.73 Å². The van der Waals surface area contributed by atoms with E-state index in [1.807, 2.05) is 0 Å². The van der Waals surface area contributed by atoms with Crippen LogP contribution in [0.1, 0.15) is 41.0 Å². The third-order valence-corrected chi connectivity index (χ3v) is 3.26. The average molecular weight is 214 g/mol. The van der Waals surface area contributed by atoms with E-state index in [2.05, 4.69) is 39.5 Å². The van der Waals surface area contributed by atoms with Crippen LogP contribution in [0.15, 0.2) is 0 Å². The molecular formula is C12H26N2O. The van der Waals surface area contributed by atoms with Crippen LogP contribution >= 0.6 is 0 Å². The lowest BCUT2D eigenvalue weighted by Crippen LogP contribution is -2.58. The lowest BCUT2D eigenvalue weighted by molar-refractivity contribution is -0.138. The number of rotatable bonds is 3. The van der Waals surface area contributed by atoms with Gasteiger partial charge in [0.15, 0.2) is 0 Å². The minimum Gasteiger partial charge on any atom is -0.370 e. The van der Waals surface area contributed by atoms with Crippen LogP contribution in [-0.2, 0) is 4.74 Å². The number of hydrogen-bond acceptors (Lipinski definition) is 3. The van der Waals surface area contributed by atoms with Gasteiger partial charge in [-0.1, -0.05) is 6.92 Å². The fraction of sp³-hybridized carbons (Fsp3) is 1.00. The molecular weight excluding hydrogens is 188 g/mol. The van der Waals surface area contributed by atoms with Crippen molar-refractivity contribution in [1.82, 2.24) is 4.90 Å². The van der Waals surface area contributed by atoms with Crippen molar-refractivity contribution in [3.8, 4) is 0 Å². The molecule has 1 fully saturated rings. The van der Waals surface area contributed by atoms with Gasteiger partial charge in [0.1, 0.15) is 0 Å². The zero-order chi connectivity index (χ0) is 11.6. The summed E-state index contributed by atoms with van der Waals surface area (Å²) in [7, 11) is 0. The maximum atomic E-state index is 6.10. The van der Waals surface area contributed by atoms with E-state index < -0.39 is 0 Å². The van der Waals surface area contributed by atoms with E-state index in [0.29, 0.717) is 12.1 Å². The molecule has 0 radical (unpaired) electrons. The highest BCUT2D eigenvalue weighted by molar-refractivity contribution is 4.88. The van der Waals surface area contributed by atoms with E-state index in [-0.39, 0.29) is 11.6 Å². The zero-order valence-electron chi connectivity index (χ0n) is 10.8. The Hall–Kier alpha value is -0.120. The molecule has 0 aromatic carbocycles. The van der Waals surface area contributed by atoms with E-state index in [1.165, 1.54) is 0 Å². The summed E-state index contributed by atoms with van der Waals surface area (Å²) in [5.41, 5.74) is 6.06. The first kappa shape index (κ1) is 12.9. The predicted molar refractivity (Wildman–Crippen MR) is 63.9 cm³/mol. The van der Waals surface area contributed by atoms with E-state index in [1.54, 1.807) is 0 Å². The van der Waals surface area contributed by atoms with Crippen LogP contribution in [0.2, 0.25) is 0 Å². The SMILES string of the molecule is CCC(N)C(C)N1CC(C)OC(C)(C)C1. The Bertz CT molecular complexity index is 206. The van der Waals surface area contributed by atoms with Gasteiger partial charge in [0.05, 0.1) is 11.7 Å². The summed E-state index contributed by atoms with van der Waals surface area (Å²) < 4.78 is 5.88. The Labute approximate surface area is 94.0 Å². The molecule has 0 amide bonds. The molecule has 1 aliphatic heterocycles. The summed E-state index contributed by atoms with van der Waals surface area (Å²) in [6.45, 7) is 12.8. The smallest absolute Gasteiger partial charge is 0.0757 e. The summed E-state index contributed by atoms with van der Waals surface area (Å²) in [4.78, 5) is 2.46. The standard InChI is InChI=1S/C12H26N2O/c1-6-11(13)10(3)14-7-9(2)15-12(4,5)8-14/h9-11H,6-8,13H2,1-5H3. The third-order valence-electron chi connectivity index (χ3n) is 3.26. The number of nitrogens with two attached hydrogens (primary N) is 1. The molecule has 1 rings (SSSR count). The van der Waals surface area contributed by atoms with Crippen LogP contribution in [0.5, 0.6) is 0 Å². The second kappa shape index (κ2) is 4.81. The first-order valence-corrected chi connectivity index (χ1v) is 6.03. The highest BCUT2D eigenvalue weighted by atomic mass is 16.5. The maximum Gasteiger partial charge on any atom is 0.0757 e. The molecule has 3 heteroatoms. The summed E-state index contributed by atoms with van der Waals surface area (Å²) in [5.74, 6) is 0. The molecule has 0 aromatic heterocycles. The Morgan fingerprint density at radius 1 is 1.53 bits per heavy atom. The molecule has 90 valence electrons.